The highest BCUT2D eigenvalue weighted by atomic mass is 16.4. The van der Waals surface area contributed by atoms with E-state index in [1.54, 1.807) is 0 Å². The highest BCUT2D eigenvalue weighted by molar-refractivity contribution is 5.82. The molecule has 3 nitrogen and oxygen atoms in total. The van der Waals surface area contributed by atoms with Crippen LogP contribution >= 0.6 is 0 Å². The van der Waals surface area contributed by atoms with Crippen LogP contribution in [0.4, 0.5) is 0 Å². The van der Waals surface area contributed by atoms with Crippen LogP contribution in [0.3, 0.4) is 0 Å². The molecule has 1 aromatic heterocycles. The highest BCUT2D eigenvalue weighted by Gasteiger charge is 2.13. The molecule has 148 valence electrons. The Kier molecular flexibility index (Phi) is 8.63. The van der Waals surface area contributed by atoms with E-state index in [-0.39, 0.29) is 0 Å². The first-order valence-corrected chi connectivity index (χ1v) is 10.5. The molecule has 0 radical (unpaired) electrons. The minimum atomic E-state index is -0.873. The van der Waals surface area contributed by atoms with Gasteiger partial charge in [-0.15, -0.1) is 0 Å². The van der Waals surface area contributed by atoms with Gasteiger partial charge in [-0.25, -0.2) is 4.79 Å². The van der Waals surface area contributed by atoms with E-state index in [1.807, 2.05) is 6.92 Å². The van der Waals surface area contributed by atoms with Gasteiger partial charge in [-0.05, 0) is 55.3 Å². The summed E-state index contributed by atoms with van der Waals surface area (Å²) in [5, 5.41) is 10.2. The van der Waals surface area contributed by atoms with Crippen molar-refractivity contribution in [3.8, 4) is 0 Å². The molecule has 0 spiro atoms. The Labute approximate surface area is 164 Å². The lowest BCUT2D eigenvalue weighted by Gasteiger charge is -2.20. The van der Waals surface area contributed by atoms with Crippen molar-refractivity contribution in [1.82, 2.24) is 4.57 Å². The standard InChI is InChI=1S/C24H35NO2/c1-4-6-8-10-22(11-9-7-5-2)25-15-14-21-18-20(12-13-23(21)25)16-19(3)17-24(26)27/h12-15,17-18,22H,4-11,16H2,1-3H3,(H,26,27). The normalized spacial score (nSPS) is 12.2. The first-order valence-electron chi connectivity index (χ1n) is 10.5. The molecule has 0 aliphatic heterocycles. The number of aliphatic carboxylic acids is 1. The maximum Gasteiger partial charge on any atom is 0.328 e. The summed E-state index contributed by atoms with van der Waals surface area (Å²) in [6, 6.07) is 9.36. The third-order valence-electron chi connectivity index (χ3n) is 5.31. The van der Waals surface area contributed by atoms with Crippen molar-refractivity contribution in [3.05, 3.63) is 47.7 Å². The average Bonchev–Trinajstić information content (AvgIpc) is 3.03. The van der Waals surface area contributed by atoms with Gasteiger partial charge >= 0.3 is 5.97 Å². The molecule has 1 aromatic carbocycles. The molecule has 3 heteroatoms. The number of carboxylic acids is 1. The number of hydrogen-bond acceptors (Lipinski definition) is 1. The summed E-state index contributed by atoms with van der Waals surface area (Å²) >= 11 is 0. The summed E-state index contributed by atoms with van der Waals surface area (Å²) in [5.41, 5.74) is 3.35. The van der Waals surface area contributed by atoms with E-state index in [2.05, 4.69) is 48.9 Å². The molecular formula is C24H35NO2. The van der Waals surface area contributed by atoms with Gasteiger partial charge in [0.05, 0.1) is 0 Å². The maximum atomic E-state index is 10.8. The predicted octanol–water partition coefficient (Wildman–Crippen LogP) is 6.92. The van der Waals surface area contributed by atoms with Gasteiger partial charge < -0.3 is 9.67 Å². The molecule has 0 unspecified atom stereocenters. The number of carbonyl (C=O) groups is 1. The Morgan fingerprint density at radius 2 is 1.74 bits per heavy atom. The molecule has 0 fully saturated rings. The number of nitrogens with zero attached hydrogens (tertiary/aromatic N) is 1. The lowest BCUT2D eigenvalue weighted by Crippen LogP contribution is -2.08. The molecule has 0 saturated heterocycles. The number of fused-ring (bicyclic) bond motifs is 1. The Hall–Kier alpha value is -2.03. The van der Waals surface area contributed by atoms with Crippen molar-refractivity contribution in [2.45, 2.75) is 84.6 Å². The summed E-state index contributed by atoms with van der Waals surface area (Å²) in [6.45, 7) is 6.40. The lowest BCUT2D eigenvalue weighted by molar-refractivity contribution is -0.131. The zero-order valence-corrected chi connectivity index (χ0v) is 17.2. The van der Waals surface area contributed by atoms with Gasteiger partial charge in [-0.3, -0.25) is 0 Å². The van der Waals surface area contributed by atoms with Crippen LogP contribution in [-0.2, 0) is 11.2 Å². The smallest absolute Gasteiger partial charge is 0.328 e. The minimum Gasteiger partial charge on any atom is -0.478 e. The van der Waals surface area contributed by atoms with Crippen LogP contribution in [0.2, 0.25) is 0 Å². The number of allylic oxidation sites excluding steroid dienone is 1. The molecule has 0 aliphatic carbocycles. The van der Waals surface area contributed by atoms with Gasteiger partial charge in [0.15, 0.2) is 0 Å². The van der Waals surface area contributed by atoms with Crippen molar-refractivity contribution >= 4 is 16.9 Å². The van der Waals surface area contributed by atoms with E-state index in [0.717, 1.165) is 5.57 Å². The first-order chi connectivity index (χ1) is 13.0. The number of aromatic nitrogens is 1. The van der Waals surface area contributed by atoms with Crippen LogP contribution in [0.25, 0.3) is 10.9 Å². The quantitative estimate of drug-likeness (QED) is 0.326. The van der Waals surface area contributed by atoms with E-state index in [0.29, 0.717) is 12.5 Å². The molecule has 0 aliphatic rings. The summed E-state index contributed by atoms with van der Waals surface area (Å²) in [7, 11) is 0. The zero-order chi connectivity index (χ0) is 19.6. The van der Waals surface area contributed by atoms with E-state index < -0.39 is 5.97 Å². The van der Waals surface area contributed by atoms with Gasteiger partial charge in [0.2, 0.25) is 0 Å². The van der Waals surface area contributed by atoms with Crippen molar-refractivity contribution in [2.24, 2.45) is 0 Å². The second-order valence-corrected chi connectivity index (χ2v) is 7.77. The number of hydrogen-bond donors (Lipinski definition) is 1. The minimum absolute atomic E-state index is 0.583. The molecule has 2 aromatic rings. The summed E-state index contributed by atoms with van der Waals surface area (Å²) in [5.74, 6) is -0.873. The van der Waals surface area contributed by atoms with Crippen LogP contribution in [0, 0.1) is 0 Å². The predicted molar refractivity (Wildman–Crippen MR) is 114 cm³/mol. The van der Waals surface area contributed by atoms with Crippen LogP contribution in [0.5, 0.6) is 0 Å². The van der Waals surface area contributed by atoms with Gasteiger partial charge in [0.1, 0.15) is 0 Å². The Morgan fingerprint density at radius 3 is 2.33 bits per heavy atom. The molecular weight excluding hydrogens is 334 g/mol. The highest BCUT2D eigenvalue weighted by Crippen LogP contribution is 2.29. The summed E-state index contributed by atoms with van der Waals surface area (Å²) < 4.78 is 2.48. The van der Waals surface area contributed by atoms with Crippen molar-refractivity contribution < 1.29 is 9.90 Å². The third kappa shape index (κ3) is 6.57. The Morgan fingerprint density at radius 1 is 1.07 bits per heavy atom. The molecule has 0 amide bonds. The Bertz CT molecular complexity index is 747. The summed E-state index contributed by atoms with van der Waals surface area (Å²) in [6.07, 6.45) is 14.5. The second kappa shape index (κ2) is 11.0. The summed E-state index contributed by atoms with van der Waals surface area (Å²) in [4.78, 5) is 10.8. The molecule has 1 heterocycles. The van der Waals surface area contributed by atoms with E-state index in [1.165, 1.54) is 73.9 Å². The lowest BCUT2D eigenvalue weighted by atomic mass is 10.0. The third-order valence-corrected chi connectivity index (χ3v) is 5.31. The van der Waals surface area contributed by atoms with E-state index in [4.69, 9.17) is 5.11 Å². The maximum absolute atomic E-state index is 10.8. The number of unbranched alkanes of at least 4 members (excludes halogenated alkanes) is 4. The zero-order valence-electron chi connectivity index (χ0n) is 17.2. The van der Waals surface area contributed by atoms with E-state index >= 15 is 0 Å². The first kappa shape index (κ1) is 21.3. The fourth-order valence-corrected chi connectivity index (χ4v) is 3.91. The average molecular weight is 370 g/mol. The Balaban J connectivity index is 2.19. The van der Waals surface area contributed by atoms with E-state index in [9.17, 15) is 4.79 Å². The topological polar surface area (TPSA) is 42.2 Å². The monoisotopic (exact) mass is 369 g/mol. The molecule has 0 bridgehead atoms. The fraction of sp³-hybridized carbons (Fsp3) is 0.542. The molecule has 0 atom stereocenters. The fourth-order valence-electron chi connectivity index (χ4n) is 3.91. The number of rotatable bonds is 12. The van der Waals surface area contributed by atoms with Crippen molar-refractivity contribution in [1.29, 1.82) is 0 Å². The molecule has 1 N–H and O–H groups in total. The number of benzene rings is 1. The molecule has 0 saturated carbocycles. The molecule has 2 rings (SSSR count). The molecule has 27 heavy (non-hydrogen) atoms. The van der Waals surface area contributed by atoms with Crippen LogP contribution < -0.4 is 0 Å². The van der Waals surface area contributed by atoms with Crippen LogP contribution in [-0.4, -0.2) is 15.6 Å². The largest absolute Gasteiger partial charge is 0.478 e. The number of carboxylic acid groups (broad SMARTS) is 1. The SMILES string of the molecule is CCCCCC(CCCCC)n1ccc2cc(CC(C)=CC(=O)O)ccc21. The van der Waals surface area contributed by atoms with Gasteiger partial charge in [-0.1, -0.05) is 64.0 Å². The van der Waals surface area contributed by atoms with Crippen molar-refractivity contribution in [2.75, 3.05) is 0 Å². The van der Waals surface area contributed by atoms with Crippen LogP contribution in [0.15, 0.2) is 42.1 Å². The van der Waals surface area contributed by atoms with Gasteiger partial charge in [-0.2, -0.15) is 0 Å². The van der Waals surface area contributed by atoms with Crippen LogP contribution in [0.1, 0.15) is 83.7 Å². The second-order valence-electron chi connectivity index (χ2n) is 7.77. The van der Waals surface area contributed by atoms with Gasteiger partial charge in [0.25, 0.3) is 0 Å². The van der Waals surface area contributed by atoms with Gasteiger partial charge in [0, 0.05) is 23.8 Å². The van der Waals surface area contributed by atoms with Crippen molar-refractivity contribution in [3.63, 3.8) is 0 Å².